The van der Waals surface area contributed by atoms with Crippen LogP contribution in [0.2, 0.25) is 0 Å². The van der Waals surface area contributed by atoms with Crippen LogP contribution in [0.5, 0.6) is 0 Å². The van der Waals surface area contributed by atoms with Gasteiger partial charge in [-0.05, 0) is 25.0 Å². The highest BCUT2D eigenvalue weighted by molar-refractivity contribution is 5.55. The Morgan fingerprint density at radius 1 is 1.43 bits per heavy atom. The molecule has 2 heterocycles. The third kappa shape index (κ3) is 1.25. The van der Waals surface area contributed by atoms with Crippen LogP contribution < -0.4 is 5.32 Å². The number of aryl methyl sites for hydroxylation is 2. The Hall–Kier alpha value is -1.51. The molecule has 0 bridgehead atoms. The molecule has 74 valence electrons. The van der Waals surface area contributed by atoms with E-state index in [1.165, 1.54) is 5.56 Å². The molecule has 2 rings (SSSR count). The van der Waals surface area contributed by atoms with Crippen LogP contribution >= 0.6 is 0 Å². The molecule has 0 unspecified atom stereocenters. The number of hydrogen-bond acceptors (Lipinski definition) is 2. The molecule has 3 nitrogen and oxygen atoms in total. The molecule has 0 aliphatic heterocycles. The van der Waals surface area contributed by atoms with Gasteiger partial charge in [-0.3, -0.25) is 4.40 Å². The van der Waals surface area contributed by atoms with Gasteiger partial charge in [-0.25, -0.2) is 4.98 Å². The third-order valence-corrected chi connectivity index (χ3v) is 2.41. The molecule has 0 amide bonds. The smallest absolute Gasteiger partial charge is 0.138 e. The number of anilines is 1. The Morgan fingerprint density at radius 2 is 2.21 bits per heavy atom. The molecule has 0 radical (unpaired) electrons. The van der Waals surface area contributed by atoms with E-state index < -0.39 is 0 Å². The van der Waals surface area contributed by atoms with Crippen LogP contribution in [0.1, 0.15) is 18.2 Å². The fourth-order valence-electron chi connectivity index (χ4n) is 1.71. The molecular weight excluding hydrogens is 174 g/mol. The van der Waals surface area contributed by atoms with Gasteiger partial charge in [0.05, 0.1) is 5.69 Å². The lowest BCUT2D eigenvalue weighted by Crippen LogP contribution is -1.97. The zero-order chi connectivity index (χ0) is 10.1. The summed E-state index contributed by atoms with van der Waals surface area (Å²) in [6, 6.07) is 4.14. The lowest BCUT2D eigenvalue weighted by Gasteiger charge is -2.02. The first-order valence-corrected chi connectivity index (χ1v) is 4.91. The number of fused-ring (bicyclic) bond motifs is 1. The number of rotatable bonds is 2. The first kappa shape index (κ1) is 9.06. The van der Waals surface area contributed by atoms with Crippen LogP contribution in [-0.4, -0.2) is 16.4 Å². The Morgan fingerprint density at radius 3 is 2.86 bits per heavy atom. The summed E-state index contributed by atoms with van der Waals surface area (Å²) in [6.45, 7) is 4.21. The summed E-state index contributed by atoms with van der Waals surface area (Å²) in [4.78, 5) is 4.54. The first-order chi connectivity index (χ1) is 6.76. The van der Waals surface area contributed by atoms with E-state index in [2.05, 4.69) is 46.9 Å². The van der Waals surface area contributed by atoms with Gasteiger partial charge in [0.1, 0.15) is 11.5 Å². The number of pyridine rings is 1. The molecule has 0 aromatic carbocycles. The van der Waals surface area contributed by atoms with Crippen molar-refractivity contribution in [2.45, 2.75) is 20.3 Å². The van der Waals surface area contributed by atoms with E-state index in [1.807, 2.05) is 7.05 Å². The van der Waals surface area contributed by atoms with Crippen LogP contribution in [0.15, 0.2) is 18.3 Å². The van der Waals surface area contributed by atoms with E-state index in [4.69, 9.17) is 0 Å². The van der Waals surface area contributed by atoms with E-state index >= 15 is 0 Å². The van der Waals surface area contributed by atoms with Gasteiger partial charge in [0.2, 0.25) is 0 Å². The highest BCUT2D eigenvalue weighted by Gasteiger charge is 2.08. The highest BCUT2D eigenvalue weighted by Crippen LogP contribution is 2.18. The lowest BCUT2D eigenvalue weighted by molar-refractivity contribution is 1.07. The van der Waals surface area contributed by atoms with Crippen molar-refractivity contribution in [3.63, 3.8) is 0 Å². The molecule has 0 saturated heterocycles. The Labute approximate surface area is 83.8 Å². The van der Waals surface area contributed by atoms with Gasteiger partial charge in [-0.2, -0.15) is 0 Å². The Bertz CT molecular complexity index is 457. The van der Waals surface area contributed by atoms with Gasteiger partial charge >= 0.3 is 0 Å². The maximum absolute atomic E-state index is 4.54. The minimum Gasteiger partial charge on any atom is -0.373 e. The number of nitrogens with zero attached hydrogens (tertiary/aromatic N) is 2. The van der Waals surface area contributed by atoms with Crippen LogP contribution in [0.25, 0.3) is 5.65 Å². The largest absolute Gasteiger partial charge is 0.373 e. The zero-order valence-electron chi connectivity index (χ0n) is 8.83. The van der Waals surface area contributed by atoms with Gasteiger partial charge in [0.15, 0.2) is 0 Å². The Kier molecular flexibility index (Phi) is 2.15. The van der Waals surface area contributed by atoms with Crippen molar-refractivity contribution in [2.75, 3.05) is 12.4 Å². The van der Waals surface area contributed by atoms with Gasteiger partial charge in [0, 0.05) is 13.2 Å². The molecule has 0 atom stereocenters. The minimum absolute atomic E-state index is 0.955. The third-order valence-electron chi connectivity index (χ3n) is 2.41. The number of nitrogens with one attached hydrogen (secondary N) is 1. The fourth-order valence-corrected chi connectivity index (χ4v) is 1.71. The van der Waals surface area contributed by atoms with Crippen LogP contribution in [-0.2, 0) is 6.42 Å². The van der Waals surface area contributed by atoms with Crippen molar-refractivity contribution < 1.29 is 0 Å². The molecule has 2 aromatic heterocycles. The molecule has 3 heteroatoms. The van der Waals surface area contributed by atoms with Crippen molar-refractivity contribution in [2.24, 2.45) is 0 Å². The average molecular weight is 189 g/mol. The van der Waals surface area contributed by atoms with E-state index in [0.717, 1.165) is 23.6 Å². The summed E-state index contributed by atoms with van der Waals surface area (Å²) in [5.74, 6) is 1.10. The maximum atomic E-state index is 4.54. The predicted molar refractivity (Wildman–Crippen MR) is 58.9 cm³/mol. The van der Waals surface area contributed by atoms with E-state index in [0.29, 0.717) is 0 Å². The summed E-state index contributed by atoms with van der Waals surface area (Å²) in [6.07, 6.45) is 3.06. The molecule has 0 aliphatic carbocycles. The van der Waals surface area contributed by atoms with Crippen LogP contribution in [0.3, 0.4) is 0 Å². The molecular formula is C11H15N3. The van der Waals surface area contributed by atoms with E-state index in [-0.39, 0.29) is 0 Å². The summed E-state index contributed by atoms with van der Waals surface area (Å²) in [5.41, 5.74) is 3.38. The number of imidazole rings is 1. The SMILES string of the molecule is CCc1nc2ccc(C)cn2c1NC. The van der Waals surface area contributed by atoms with Crippen molar-refractivity contribution in [1.82, 2.24) is 9.38 Å². The number of hydrogen-bond donors (Lipinski definition) is 1. The van der Waals surface area contributed by atoms with Gasteiger partial charge in [-0.1, -0.05) is 13.0 Å². The molecule has 0 saturated carbocycles. The van der Waals surface area contributed by atoms with Crippen molar-refractivity contribution in [1.29, 1.82) is 0 Å². The quantitative estimate of drug-likeness (QED) is 0.785. The van der Waals surface area contributed by atoms with E-state index in [9.17, 15) is 0 Å². The van der Waals surface area contributed by atoms with Gasteiger partial charge in [0.25, 0.3) is 0 Å². The van der Waals surface area contributed by atoms with Gasteiger partial charge in [-0.15, -0.1) is 0 Å². The molecule has 1 N–H and O–H groups in total. The normalized spacial score (nSPS) is 10.8. The second-order valence-corrected chi connectivity index (χ2v) is 3.45. The molecule has 0 spiro atoms. The monoisotopic (exact) mass is 189 g/mol. The average Bonchev–Trinajstić information content (AvgIpc) is 2.54. The second kappa shape index (κ2) is 3.33. The van der Waals surface area contributed by atoms with Crippen LogP contribution in [0.4, 0.5) is 5.82 Å². The molecule has 0 aliphatic rings. The second-order valence-electron chi connectivity index (χ2n) is 3.45. The van der Waals surface area contributed by atoms with E-state index in [1.54, 1.807) is 0 Å². The summed E-state index contributed by atoms with van der Waals surface area (Å²) in [7, 11) is 1.94. The fraction of sp³-hybridized carbons (Fsp3) is 0.364. The van der Waals surface area contributed by atoms with Gasteiger partial charge < -0.3 is 5.32 Å². The minimum atomic E-state index is 0.955. The van der Waals surface area contributed by atoms with Crippen molar-refractivity contribution in [3.8, 4) is 0 Å². The predicted octanol–water partition coefficient (Wildman–Crippen LogP) is 2.25. The topological polar surface area (TPSA) is 29.3 Å². The summed E-state index contributed by atoms with van der Waals surface area (Å²) in [5, 5.41) is 3.20. The lowest BCUT2D eigenvalue weighted by atomic mass is 10.3. The standard InChI is InChI=1S/C11H15N3/c1-4-9-11(12-3)14-7-8(2)5-6-10(14)13-9/h5-7,12H,4H2,1-3H3. The molecule has 14 heavy (non-hydrogen) atoms. The maximum Gasteiger partial charge on any atom is 0.138 e. The van der Waals surface area contributed by atoms with Crippen molar-refractivity contribution in [3.05, 3.63) is 29.6 Å². The van der Waals surface area contributed by atoms with Crippen LogP contribution in [0, 0.1) is 6.92 Å². The summed E-state index contributed by atoms with van der Waals surface area (Å²) >= 11 is 0. The molecule has 0 fully saturated rings. The first-order valence-electron chi connectivity index (χ1n) is 4.91. The highest BCUT2D eigenvalue weighted by atomic mass is 15.1. The van der Waals surface area contributed by atoms with Crippen molar-refractivity contribution >= 4 is 11.5 Å². The zero-order valence-corrected chi connectivity index (χ0v) is 8.83. The number of aromatic nitrogens is 2. The Balaban J connectivity index is 2.74. The summed E-state index contributed by atoms with van der Waals surface area (Å²) < 4.78 is 2.11. The molecule has 2 aromatic rings.